The lowest BCUT2D eigenvalue weighted by Gasteiger charge is -2.20. The van der Waals surface area contributed by atoms with Gasteiger partial charge in [-0.25, -0.2) is 4.98 Å². The highest BCUT2D eigenvalue weighted by Crippen LogP contribution is 2.29. The van der Waals surface area contributed by atoms with Crippen LogP contribution in [0.1, 0.15) is 5.56 Å². The van der Waals surface area contributed by atoms with Gasteiger partial charge in [0, 0.05) is 24.5 Å². The molecule has 1 aromatic carbocycles. The van der Waals surface area contributed by atoms with Crippen LogP contribution in [0.5, 0.6) is 5.75 Å². The number of methoxy groups -OCH3 is 1. The van der Waals surface area contributed by atoms with E-state index < -0.39 is 0 Å². The topological polar surface area (TPSA) is 51.4 Å². The summed E-state index contributed by atoms with van der Waals surface area (Å²) in [6, 6.07) is 11.4. The first-order valence-corrected chi connectivity index (χ1v) is 6.17. The average Bonchev–Trinajstić information content (AvgIpc) is 2.46. The Morgan fingerprint density at radius 1 is 1.26 bits per heavy atom. The van der Waals surface area contributed by atoms with Crippen LogP contribution in [0.25, 0.3) is 0 Å². The molecule has 0 saturated carbocycles. The van der Waals surface area contributed by atoms with Gasteiger partial charge in [0.05, 0.1) is 7.11 Å². The molecule has 2 aromatic rings. The number of hydrogen-bond acceptors (Lipinski definition) is 4. The lowest BCUT2D eigenvalue weighted by atomic mass is 10.2. The molecule has 0 aliphatic rings. The Hall–Kier alpha value is -2.14. The Balaban J connectivity index is 2.33. The molecule has 0 fully saturated rings. The van der Waals surface area contributed by atoms with Crippen molar-refractivity contribution in [2.24, 2.45) is 5.73 Å². The van der Waals surface area contributed by atoms with Crippen LogP contribution in [0.15, 0.2) is 42.6 Å². The zero-order valence-electron chi connectivity index (χ0n) is 10.8. The Morgan fingerprint density at radius 3 is 2.53 bits per heavy atom. The fourth-order valence-corrected chi connectivity index (χ4v) is 1.90. The number of ether oxygens (including phenoxy) is 1. The predicted molar refractivity (Wildman–Crippen MR) is 81.2 cm³/mol. The molecule has 0 unspecified atom stereocenters. The summed E-state index contributed by atoms with van der Waals surface area (Å²) >= 11 is 4.94. The van der Waals surface area contributed by atoms with Crippen LogP contribution in [0.4, 0.5) is 11.5 Å². The van der Waals surface area contributed by atoms with Gasteiger partial charge in [0.2, 0.25) is 0 Å². The van der Waals surface area contributed by atoms with Crippen LogP contribution >= 0.6 is 12.2 Å². The molecule has 0 aliphatic carbocycles. The zero-order valence-corrected chi connectivity index (χ0v) is 11.6. The number of rotatable bonds is 4. The van der Waals surface area contributed by atoms with E-state index in [9.17, 15) is 0 Å². The van der Waals surface area contributed by atoms with Crippen LogP contribution in [0.2, 0.25) is 0 Å². The maximum atomic E-state index is 5.58. The molecule has 19 heavy (non-hydrogen) atoms. The lowest BCUT2D eigenvalue weighted by Crippen LogP contribution is -2.13. The number of aromatic nitrogens is 1. The van der Waals surface area contributed by atoms with Crippen molar-refractivity contribution in [3.63, 3.8) is 0 Å². The summed E-state index contributed by atoms with van der Waals surface area (Å²) in [4.78, 5) is 6.67. The SMILES string of the molecule is COc1cccnc1N(C)c1ccc(C(N)=S)cc1. The van der Waals surface area contributed by atoms with Gasteiger partial charge in [-0.15, -0.1) is 0 Å². The molecular formula is C14H15N3OS. The molecule has 0 amide bonds. The van der Waals surface area contributed by atoms with Crippen molar-refractivity contribution < 1.29 is 4.74 Å². The van der Waals surface area contributed by atoms with Gasteiger partial charge >= 0.3 is 0 Å². The van der Waals surface area contributed by atoms with E-state index in [-0.39, 0.29) is 0 Å². The van der Waals surface area contributed by atoms with Crippen molar-refractivity contribution in [3.8, 4) is 5.75 Å². The van der Waals surface area contributed by atoms with Crippen molar-refractivity contribution in [1.29, 1.82) is 0 Å². The summed E-state index contributed by atoms with van der Waals surface area (Å²) < 4.78 is 5.30. The molecule has 4 nitrogen and oxygen atoms in total. The average molecular weight is 273 g/mol. The summed E-state index contributed by atoms with van der Waals surface area (Å²) in [7, 11) is 3.56. The first-order valence-electron chi connectivity index (χ1n) is 5.76. The van der Waals surface area contributed by atoms with Gasteiger partial charge < -0.3 is 15.4 Å². The lowest BCUT2D eigenvalue weighted by molar-refractivity contribution is 0.414. The molecule has 98 valence electrons. The Kier molecular flexibility index (Phi) is 3.97. The van der Waals surface area contributed by atoms with Gasteiger partial charge in [-0.3, -0.25) is 0 Å². The third-order valence-electron chi connectivity index (χ3n) is 2.83. The van der Waals surface area contributed by atoms with E-state index in [1.54, 1.807) is 13.3 Å². The molecule has 0 atom stereocenters. The van der Waals surface area contributed by atoms with Crippen LogP contribution in [0.3, 0.4) is 0 Å². The molecule has 0 spiro atoms. The Labute approximate surface area is 117 Å². The largest absolute Gasteiger partial charge is 0.493 e. The zero-order chi connectivity index (χ0) is 13.8. The van der Waals surface area contributed by atoms with Gasteiger partial charge in [-0.05, 0) is 36.4 Å². The summed E-state index contributed by atoms with van der Waals surface area (Å²) in [6.07, 6.45) is 1.73. The first kappa shape index (κ1) is 13.3. The van der Waals surface area contributed by atoms with Crippen molar-refractivity contribution >= 4 is 28.7 Å². The summed E-state index contributed by atoms with van der Waals surface area (Å²) in [6.45, 7) is 0. The van der Waals surface area contributed by atoms with E-state index in [1.807, 2.05) is 48.3 Å². The van der Waals surface area contributed by atoms with E-state index in [4.69, 9.17) is 22.7 Å². The normalized spacial score (nSPS) is 10.0. The highest BCUT2D eigenvalue weighted by Gasteiger charge is 2.10. The molecule has 0 radical (unpaired) electrons. The smallest absolute Gasteiger partial charge is 0.175 e. The first-order chi connectivity index (χ1) is 9.13. The molecule has 1 heterocycles. The quantitative estimate of drug-likeness (QED) is 0.867. The third kappa shape index (κ3) is 2.82. The van der Waals surface area contributed by atoms with E-state index in [2.05, 4.69) is 4.98 Å². The minimum Gasteiger partial charge on any atom is -0.493 e. The molecule has 2 N–H and O–H groups in total. The summed E-state index contributed by atoms with van der Waals surface area (Å²) in [5, 5.41) is 0. The number of nitrogens with zero attached hydrogens (tertiary/aromatic N) is 2. The van der Waals surface area contributed by atoms with Gasteiger partial charge in [-0.2, -0.15) is 0 Å². The molecule has 5 heteroatoms. The predicted octanol–water partition coefficient (Wildman–Crippen LogP) is 2.49. The fourth-order valence-electron chi connectivity index (χ4n) is 1.77. The van der Waals surface area contributed by atoms with Gasteiger partial charge in [0.25, 0.3) is 0 Å². The highest BCUT2D eigenvalue weighted by molar-refractivity contribution is 7.80. The summed E-state index contributed by atoms with van der Waals surface area (Å²) in [5.41, 5.74) is 7.41. The molecule has 0 bridgehead atoms. The number of pyridine rings is 1. The summed E-state index contributed by atoms with van der Waals surface area (Å²) in [5.74, 6) is 1.48. The second-order valence-electron chi connectivity index (χ2n) is 4.00. The van der Waals surface area contributed by atoms with E-state index in [0.29, 0.717) is 4.99 Å². The maximum absolute atomic E-state index is 5.58. The number of thiocarbonyl (C=S) groups is 1. The van der Waals surface area contributed by atoms with Crippen molar-refractivity contribution in [3.05, 3.63) is 48.2 Å². The molecule has 0 aliphatic heterocycles. The highest BCUT2D eigenvalue weighted by atomic mass is 32.1. The van der Waals surface area contributed by atoms with Gasteiger partial charge in [0.15, 0.2) is 11.6 Å². The van der Waals surface area contributed by atoms with E-state index in [1.165, 1.54) is 0 Å². The van der Waals surface area contributed by atoms with E-state index in [0.717, 1.165) is 22.8 Å². The van der Waals surface area contributed by atoms with Crippen LogP contribution < -0.4 is 15.4 Å². The Morgan fingerprint density at radius 2 is 1.95 bits per heavy atom. The van der Waals surface area contributed by atoms with E-state index >= 15 is 0 Å². The van der Waals surface area contributed by atoms with Crippen LogP contribution in [-0.4, -0.2) is 24.1 Å². The molecule has 0 saturated heterocycles. The minimum atomic E-state index is 0.393. The number of nitrogens with two attached hydrogens (primary N) is 1. The Bertz CT molecular complexity index is 583. The maximum Gasteiger partial charge on any atom is 0.175 e. The number of anilines is 2. The molecular weight excluding hydrogens is 258 g/mol. The van der Waals surface area contributed by atoms with Crippen molar-refractivity contribution in [2.45, 2.75) is 0 Å². The second kappa shape index (κ2) is 5.67. The van der Waals surface area contributed by atoms with Crippen LogP contribution in [-0.2, 0) is 0 Å². The number of benzene rings is 1. The van der Waals surface area contributed by atoms with Crippen molar-refractivity contribution in [1.82, 2.24) is 4.98 Å². The minimum absolute atomic E-state index is 0.393. The van der Waals surface area contributed by atoms with Crippen LogP contribution in [0, 0.1) is 0 Å². The number of hydrogen-bond donors (Lipinski definition) is 1. The van der Waals surface area contributed by atoms with Crippen molar-refractivity contribution in [2.75, 3.05) is 19.1 Å². The third-order valence-corrected chi connectivity index (χ3v) is 3.06. The van der Waals surface area contributed by atoms with Gasteiger partial charge in [-0.1, -0.05) is 12.2 Å². The fraction of sp³-hybridized carbons (Fsp3) is 0.143. The monoisotopic (exact) mass is 273 g/mol. The van der Waals surface area contributed by atoms with Gasteiger partial charge in [0.1, 0.15) is 4.99 Å². The molecule has 1 aromatic heterocycles. The second-order valence-corrected chi connectivity index (χ2v) is 4.44. The molecule has 2 rings (SSSR count). The standard InChI is InChI=1S/C14H15N3OS/c1-17(14-12(18-2)4-3-9-16-14)11-7-5-10(6-8-11)13(15)19/h3-9H,1-2H3,(H2,15,19).